The van der Waals surface area contributed by atoms with Crippen molar-refractivity contribution in [3.8, 4) is 0 Å². The van der Waals surface area contributed by atoms with Crippen molar-refractivity contribution in [2.75, 3.05) is 13.2 Å². The molecule has 0 aliphatic rings. The normalized spacial score (nSPS) is 14.5. The molecule has 0 fully saturated rings. The molecule has 2 N–H and O–H groups in total. The van der Waals surface area contributed by atoms with Crippen LogP contribution in [0, 0.1) is 22.7 Å². The van der Waals surface area contributed by atoms with Crippen LogP contribution in [0.4, 0.5) is 0 Å². The summed E-state index contributed by atoms with van der Waals surface area (Å²) in [4.78, 5) is 0. The summed E-state index contributed by atoms with van der Waals surface area (Å²) in [6.45, 7) is 19.1. The lowest BCUT2D eigenvalue weighted by atomic mass is 9.82. The summed E-state index contributed by atoms with van der Waals surface area (Å²) in [5.74, 6) is 1.47. The summed E-state index contributed by atoms with van der Waals surface area (Å²) >= 11 is 0. The molecule has 2 nitrogen and oxygen atoms in total. The van der Waals surface area contributed by atoms with E-state index >= 15 is 0 Å². The van der Waals surface area contributed by atoms with Crippen LogP contribution in [0.2, 0.25) is 0 Å². The van der Waals surface area contributed by atoms with Crippen molar-refractivity contribution >= 4 is 0 Å². The Balaban J connectivity index is 0. The van der Waals surface area contributed by atoms with Crippen LogP contribution in [0.3, 0.4) is 0 Å². The fraction of sp³-hybridized carbons (Fsp3) is 1.00. The monoisotopic (exact) mass is 372 g/mol. The number of hydrogen-bond donors (Lipinski definition) is 2. The van der Waals surface area contributed by atoms with Gasteiger partial charge in [-0.05, 0) is 54.8 Å². The average molecular weight is 373 g/mol. The van der Waals surface area contributed by atoms with Crippen molar-refractivity contribution in [3.05, 3.63) is 0 Å². The van der Waals surface area contributed by atoms with Gasteiger partial charge < -0.3 is 10.2 Å². The van der Waals surface area contributed by atoms with E-state index in [4.69, 9.17) is 10.2 Å². The third-order valence-corrected chi connectivity index (χ3v) is 6.26. The van der Waals surface area contributed by atoms with E-state index in [1.807, 2.05) is 0 Å². The van der Waals surface area contributed by atoms with Crippen molar-refractivity contribution in [1.29, 1.82) is 0 Å². The Labute approximate surface area is 166 Å². The van der Waals surface area contributed by atoms with Crippen LogP contribution in [-0.4, -0.2) is 23.4 Å². The maximum Gasteiger partial charge on any atom is 0.0433 e. The molecular weight excluding hydrogens is 320 g/mol. The highest BCUT2D eigenvalue weighted by Crippen LogP contribution is 2.29. The Morgan fingerprint density at radius 3 is 1.54 bits per heavy atom. The zero-order valence-corrected chi connectivity index (χ0v) is 19.5. The van der Waals surface area contributed by atoms with Crippen LogP contribution in [-0.2, 0) is 0 Å². The lowest BCUT2D eigenvalue weighted by Gasteiger charge is -2.24. The van der Waals surface area contributed by atoms with Crippen LogP contribution in [0.1, 0.15) is 120 Å². The first-order valence-corrected chi connectivity index (χ1v) is 11.2. The first-order valence-electron chi connectivity index (χ1n) is 11.2. The number of rotatable bonds is 14. The molecule has 0 aliphatic carbocycles. The molecule has 0 aromatic rings. The zero-order valence-electron chi connectivity index (χ0n) is 19.5. The fourth-order valence-corrected chi connectivity index (χ4v) is 2.87. The van der Waals surface area contributed by atoms with Crippen LogP contribution in [0.5, 0.6) is 0 Å². The molecule has 0 rings (SSSR count). The molecule has 0 aromatic heterocycles. The van der Waals surface area contributed by atoms with Gasteiger partial charge in [0.1, 0.15) is 0 Å². The van der Waals surface area contributed by atoms with E-state index in [1.165, 1.54) is 51.4 Å². The highest BCUT2D eigenvalue weighted by molar-refractivity contribution is 4.68. The molecule has 0 saturated heterocycles. The second-order valence-electron chi connectivity index (χ2n) is 10.1. The summed E-state index contributed by atoms with van der Waals surface area (Å²) in [5, 5.41) is 17.4. The van der Waals surface area contributed by atoms with E-state index in [0.29, 0.717) is 30.0 Å². The molecule has 0 radical (unpaired) electrons. The highest BCUT2D eigenvalue weighted by atomic mass is 16.3. The van der Waals surface area contributed by atoms with E-state index in [2.05, 4.69) is 55.4 Å². The predicted octanol–water partition coefficient (Wildman–Crippen LogP) is 7.22. The van der Waals surface area contributed by atoms with Crippen molar-refractivity contribution in [1.82, 2.24) is 0 Å². The maximum atomic E-state index is 8.74. The van der Waals surface area contributed by atoms with Gasteiger partial charge in [-0.15, -0.1) is 0 Å². The Kier molecular flexibility index (Phi) is 17.2. The minimum absolute atomic E-state index is 0.346. The van der Waals surface area contributed by atoms with Gasteiger partial charge in [-0.2, -0.15) is 0 Å². The summed E-state index contributed by atoms with van der Waals surface area (Å²) in [6, 6.07) is 0. The lowest BCUT2D eigenvalue weighted by Crippen LogP contribution is -2.11. The third-order valence-electron chi connectivity index (χ3n) is 6.26. The predicted molar refractivity (Wildman–Crippen MR) is 118 cm³/mol. The van der Waals surface area contributed by atoms with Crippen LogP contribution < -0.4 is 0 Å². The quantitative estimate of drug-likeness (QED) is 0.338. The standard InChI is InChI=1S/2C12H26O/c1-5-12(3,4)9-8-11(2)7-6-10-13;1-5-12(3,4)9-6-7-11(2)8-10-13/h2*11,13H,5-10H2,1-4H3. The summed E-state index contributed by atoms with van der Waals surface area (Å²) in [5.41, 5.74) is 1.02. The van der Waals surface area contributed by atoms with Crippen LogP contribution >= 0.6 is 0 Å². The van der Waals surface area contributed by atoms with Crippen LogP contribution in [0.25, 0.3) is 0 Å². The maximum absolute atomic E-state index is 8.74. The molecule has 2 heteroatoms. The topological polar surface area (TPSA) is 40.5 Å². The van der Waals surface area contributed by atoms with Gasteiger partial charge in [-0.3, -0.25) is 0 Å². The van der Waals surface area contributed by atoms with Crippen molar-refractivity contribution in [2.24, 2.45) is 22.7 Å². The van der Waals surface area contributed by atoms with Crippen molar-refractivity contribution in [3.63, 3.8) is 0 Å². The summed E-state index contributed by atoms with van der Waals surface area (Å²) in [6.07, 6.45) is 12.2. The van der Waals surface area contributed by atoms with Crippen molar-refractivity contribution in [2.45, 2.75) is 120 Å². The summed E-state index contributed by atoms with van der Waals surface area (Å²) in [7, 11) is 0. The Bertz CT molecular complexity index is 297. The molecule has 0 amide bonds. The smallest absolute Gasteiger partial charge is 0.0433 e. The summed E-state index contributed by atoms with van der Waals surface area (Å²) < 4.78 is 0. The minimum atomic E-state index is 0.346. The number of aliphatic hydroxyl groups is 2. The highest BCUT2D eigenvalue weighted by Gasteiger charge is 2.16. The molecule has 0 heterocycles. The van der Waals surface area contributed by atoms with Gasteiger partial charge >= 0.3 is 0 Å². The van der Waals surface area contributed by atoms with Gasteiger partial charge in [0, 0.05) is 13.2 Å². The molecule has 26 heavy (non-hydrogen) atoms. The number of aliphatic hydroxyl groups excluding tert-OH is 2. The molecule has 0 aliphatic heterocycles. The lowest BCUT2D eigenvalue weighted by molar-refractivity contribution is 0.247. The van der Waals surface area contributed by atoms with E-state index in [-0.39, 0.29) is 0 Å². The second kappa shape index (κ2) is 15.9. The Morgan fingerprint density at radius 2 is 1.08 bits per heavy atom. The fourth-order valence-electron chi connectivity index (χ4n) is 2.87. The van der Waals surface area contributed by atoms with Gasteiger partial charge in [0.15, 0.2) is 0 Å². The number of hydrogen-bond acceptors (Lipinski definition) is 2. The van der Waals surface area contributed by atoms with Gasteiger partial charge in [-0.25, -0.2) is 0 Å². The largest absolute Gasteiger partial charge is 0.396 e. The molecular formula is C24H52O2. The first kappa shape index (κ1) is 28.1. The van der Waals surface area contributed by atoms with Gasteiger partial charge in [0.25, 0.3) is 0 Å². The van der Waals surface area contributed by atoms with E-state index in [1.54, 1.807) is 0 Å². The Hall–Kier alpha value is -0.0800. The minimum Gasteiger partial charge on any atom is -0.396 e. The molecule has 2 unspecified atom stereocenters. The van der Waals surface area contributed by atoms with Gasteiger partial charge in [0.05, 0.1) is 0 Å². The van der Waals surface area contributed by atoms with E-state index in [0.717, 1.165) is 18.8 Å². The molecule has 0 aromatic carbocycles. The van der Waals surface area contributed by atoms with Crippen molar-refractivity contribution < 1.29 is 10.2 Å². The second-order valence-corrected chi connectivity index (χ2v) is 10.1. The SMILES string of the molecule is CCC(C)(C)CCC(C)CCCO.CCC(C)(C)CCCC(C)CCO. The van der Waals surface area contributed by atoms with E-state index in [9.17, 15) is 0 Å². The third kappa shape index (κ3) is 18.7. The first-order chi connectivity index (χ1) is 12.0. The molecule has 0 bridgehead atoms. The zero-order chi connectivity index (χ0) is 20.6. The van der Waals surface area contributed by atoms with Crippen LogP contribution in [0.15, 0.2) is 0 Å². The molecule has 0 saturated carbocycles. The van der Waals surface area contributed by atoms with E-state index < -0.39 is 0 Å². The molecule has 0 spiro atoms. The average Bonchev–Trinajstić information content (AvgIpc) is 2.59. The van der Waals surface area contributed by atoms with Gasteiger partial charge in [-0.1, -0.05) is 87.5 Å². The Morgan fingerprint density at radius 1 is 0.615 bits per heavy atom. The molecule has 2 atom stereocenters. The van der Waals surface area contributed by atoms with Gasteiger partial charge in [0.2, 0.25) is 0 Å². The molecule has 160 valence electrons.